The smallest absolute Gasteiger partial charge is 0.249 e. The number of aryl methyl sites for hydroxylation is 1. The van der Waals surface area contributed by atoms with Crippen molar-refractivity contribution in [1.82, 2.24) is 0 Å². The maximum atomic E-state index is 11.6. The van der Waals surface area contributed by atoms with Gasteiger partial charge in [0.25, 0.3) is 0 Å². The number of amides is 1. The monoisotopic (exact) mass is 275 g/mol. The molecule has 0 spiro atoms. The van der Waals surface area contributed by atoms with Crippen LogP contribution in [0.3, 0.4) is 0 Å². The van der Waals surface area contributed by atoms with Crippen LogP contribution in [0.2, 0.25) is 0 Å². The molecule has 1 amide bonds. The minimum atomic E-state index is -0.599. The molecule has 0 aliphatic heterocycles. The zero-order valence-corrected chi connectivity index (χ0v) is 11.6. The molecule has 0 saturated heterocycles. The Balaban J connectivity index is 2.51. The van der Waals surface area contributed by atoms with Crippen molar-refractivity contribution in [2.24, 2.45) is 5.73 Å². The van der Waals surface area contributed by atoms with E-state index >= 15 is 0 Å². The number of benzene rings is 2. The average Bonchev–Trinajstić information content (AvgIpc) is 2.48. The summed E-state index contributed by atoms with van der Waals surface area (Å²) in [7, 11) is 0. The van der Waals surface area contributed by atoms with Gasteiger partial charge in [-0.3, -0.25) is 4.79 Å². The Morgan fingerprint density at radius 1 is 1.10 bits per heavy atom. The van der Waals surface area contributed by atoms with Gasteiger partial charge in [-0.15, -0.1) is 0 Å². The molecule has 0 saturated carbocycles. The predicted octanol–water partition coefficient (Wildman–Crippen LogP) is 2.43. The number of nitrogens with two attached hydrogens (primary N) is 1. The average molecular weight is 275 g/mol. The highest BCUT2D eigenvalue weighted by atomic mass is 16.1. The highest BCUT2D eigenvalue weighted by Crippen LogP contribution is 2.20. The van der Waals surface area contributed by atoms with E-state index in [1.54, 1.807) is 6.07 Å². The minimum Gasteiger partial charge on any atom is -0.366 e. The summed E-state index contributed by atoms with van der Waals surface area (Å²) in [5.41, 5.74) is 8.89. The van der Waals surface area contributed by atoms with Crippen LogP contribution in [-0.4, -0.2) is 5.91 Å². The maximum absolute atomic E-state index is 11.6. The molecule has 0 heterocycles. The molecule has 0 aliphatic carbocycles. The molecule has 2 N–H and O–H groups in total. The molecule has 2 aromatic rings. The SMILES string of the molecule is Cc1ccc(Cc2cc(C#N)c(C#N)cc2C(N)=O)cc1. The van der Waals surface area contributed by atoms with Crippen molar-refractivity contribution in [2.45, 2.75) is 13.3 Å². The van der Waals surface area contributed by atoms with Gasteiger partial charge in [0, 0.05) is 5.56 Å². The van der Waals surface area contributed by atoms with E-state index in [1.165, 1.54) is 6.07 Å². The van der Waals surface area contributed by atoms with Crippen LogP contribution in [0.25, 0.3) is 0 Å². The second-order valence-corrected chi connectivity index (χ2v) is 4.81. The van der Waals surface area contributed by atoms with E-state index < -0.39 is 5.91 Å². The molecular weight excluding hydrogens is 262 g/mol. The fourth-order valence-corrected chi connectivity index (χ4v) is 2.13. The summed E-state index contributed by atoms with van der Waals surface area (Å²) in [6, 6.07) is 14.7. The standard InChI is InChI=1S/C17H13N3O/c1-11-2-4-12(5-3-11)6-13-7-14(9-18)15(10-19)8-16(13)17(20)21/h2-5,7-8H,6H2,1H3,(H2,20,21). The van der Waals surface area contributed by atoms with E-state index in [0.717, 1.165) is 11.1 Å². The van der Waals surface area contributed by atoms with Crippen LogP contribution >= 0.6 is 0 Å². The summed E-state index contributed by atoms with van der Waals surface area (Å²) in [6.45, 7) is 1.99. The molecule has 0 fully saturated rings. The van der Waals surface area contributed by atoms with Gasteiger partial charge >= 0.3 is 0 Å². The number of rotatable bonds is 3. The van der Waals surface area contributed by atoms with Crippen LogP contribution in [0.4, 0.5) is 0 Å². The van der Waals surface area contributed by atoms with Gasteiger partial charge in [-0.25, -0.2) is 0 Å². The molecule has 0 radical (unpaired) electrons. The first-order valence-electron chi connectivity index (χ1n) is 6.37. The van der Waals surface area contributed by atoms with E-state index in [-0.39, 0.29) is 16.7 Å². The maximum Gasteiger partial charge on any atom is 0.249 e. The number of carbonyl (C=O) groups is 1. The fourth-order valence-electron chi connectivity index (χ4n) is 2.13. The first-order valence-corrected chi connectivity index (χ1v) is 6.37. The van der Waals surface area contributed by atoms with E-state index in [1.807, 2.05) is 43.3 Å². The van der Waals surface area contributed by atoms with Gasteiger partial charge in [0.05, 0.1) is 11.1 Å². The third-order valence-corrected chi connectivity index (χ3v) is 3.26. The predicted molar refractivity (Wildman–Crippen MR) is 78.4 cm³/mol. The molecule has 4 nitrogen and oxygen atoms in total. The van der Waals surface area contributed by atoms with Gasteiger partial charge in [0.1, 0.15) is 12.1 Å². The van der Waals surface area contributed by atoms with Crippen LogP contribution < -0.4 is 5.73 Å². The molecule has 2 aromatic carbocycles. The van der Waals surface area contributed by atoms with Crippen LogP contribution in [0.5, 0.6) is 0 Å². The topological polar surface area (TPSA) is 90.7 Å². The lowest BCUT2D eigenvalue weighted by atomic mass is 9.94. The Bertz CT molecular complexity index is 777. The largest absolute Gasteiger partial charge is 0.366 e. The van der Waals surface area contributed by atoms with Crippen molar-refractivity contribution in [3.63, 3.8) is 0 Å². The number of hydrogen-bond donors (Lipinski definition) is 1. The molecule has 0 aliphatic rings. The van der Waals surface area contributed by atoms with E-state index in [2.05, 4.69) is 0 Å². The lowest BCUT2D eigenvalue weighted by Crippen LogP contribution is -2.15. The van der Waals surface area contributed by atoms with Crippen molar-refractivity contribution >= 4 is 5.91 Å². The van der Waals surface area contributed by atoms with Crippen molar-refractivity contribution in [3.8, 4) is 12.1 Å². The van der Waals surface area contributed by atoms with Crippen molar-refractivity contribution in [1.29, 1.82) is 10.5 Å². The van der Waals surface area contributed by atoms with Gasteiger partial charge < -0.3 is 5.73 Å². The molecule has 4 heteroatoms. The number of hydrogen-bond acceptors (Lipinski definition) is 3. The lowest BCUT2D eigenvalue weighted by Gasteiger charge is -2.09. The fraction of sp³-hybridized carbons (Fsp3) is 0.118. The Hall–Kier alpha value is -3.11. The lowest BCUT2D eigenvalue weighted by molar-refractivity contribution is 0.0999. The van der Waals surface area contributed by atoms with Crippen molar-refractivity contribution in [3.05, 3.63) is 69.8 Å². The van der Waals surface area contributed by atoms with Crippen molar-refractivity contribution in [2.75, 3.05) is 0 Å². The quantitative estimate of drug-likeness (QED) is 0.932. The summed E-state index contributed by atoms with van der Waals surface area (Å²) in [5.74, 6) is -0.599. The summed E-state index contributed by atoms with van der Waals surface area (Å²) in [6.07, 6.45) is 0.485. The minimum absolute atomic E-state index is 0.166. The summed E-state index contributed by atoms with van der Waals surface area (Å²) < 4.78 is 0. The van der Waals surface area contributed by atoms with Gasteiger partial charge in [0.15, 0.2) is 0 Å². The number of nitriles is 2. The van der Waals surface area contributed by atoms with Gasteiger partial charge in [-0.05, 0) is 36.6 Å². The van der Waals surface area contributed by atoms with Crippen LogP contribution in [0.1, 0.15) is 38.2 Å². The number of nitrogens with zero attached hydrogens (tertiary/aromatic N) is 2. The van der Waals surface area contributed by atoms with Crippen LogP contribution in [0.15, 0.2) is 36.4 Å². The number of carbonyl (C=O) groups excluding carboxylic acids is 1. The highest BCUT2D eigenvalue weighted by molar-refractivity contribution is 5.95. The van der Waals surface area contributed by atoms with Gasteiger partial charge in [-0.2, -0.15) is 10.5 Å². The molecular formula is C17H13N3O. The second-order valence-electron chi connectivity index (χ2n) is 4.81. The third-order valence-electron chi connectivity index (χ3n) is 3.26. The number of primary amides is 1. The summed E-state index contributed by atoms with van der Waals surface area (Å²) in [5, 5.41) is 18.1. The van der Waals surface area contributed by atoms with E-state index in [4.69, 9.17) is 16.3 Å². The molecule has 0 atom stereocenters. The highest BCUT2D eigenvalue weighted by Gasteiger charge is 2.14. The first-order chi connectivity index (χ1) is 10.0. The van der Waals surface area contributed by atoms with E-state index in [0.29, 0.717) is 12.0 Å². The zero-order valence-electron chi connectivity index (χ0n) is 11.6. The Labute approximate surface area is 123 Å². The van der Waals surface area contributed by atoms with Crippen LogP contribution in [0, 0.1) is 29.6 Å². The van der Waals surface area contributed by atoms with Crippen molar-refractivity contribution < 1.29 is 4.79 Å². The molecule has 0 aromatic heterocycles. The Morgan fingerprint density at radius 2 is 1.67 bits per heavy atom. The summed E-state index contributed by atoms with van der Waals surface area (Å²) >= 11 is 0. The molecule has 102 valence electrons. The molecule has 0 unspecified atom stereocenters. The zero-order chi connectivity index (χ0) is 15.4. The molecule has 2 rings (SSSR count). The Morgan fingerprint density at radius 3 is 2.19 bits per heavy atom. The summed E-state index contributed by atoms with van der Waals surface area (Å²) in [4.78, 5) is 11.6. The third kappa shape index (κ3) is 3.08. The second kappa shape index (κ2) is 5.90. The van der Waals surface area contributed by atoms with E-state index in [9.17, 15) is 4.79 Å². The van der Waals surface area contributed by atoms with Gasteiger partial charge in [0.2, 0.25) is 5.91 Å². The van der Waals surface area contributed by atoms with Gasteiger partial charge in [-0.1, -0.05) is 29.8 Å². The Kier molecular flexibility index (Phi) is 4.02. The normalized spacial score (nSPS) is 9.67. The molecule has 21 heavy (non-hydrogen) atoms. The van der Waals surface area contributed by atoms with Crippen LogP contribution in [-0.2, 0) is 6.42 Å². The first kappa shape index (κ1) is 14.3. The molecule has 0 bridgehead atoms.